The van der Waals surface area contributed by atoms with Gasteiger partial charge in [-0.25, -0.2) is 4.98 Å². The van der Waals surface area contributed by atoms with Crippen molar-refractivity contribution in [1.29, 1.82) is 0 Å². The van der Waals surface area contributed by atoms with Crippen LogP contribution in [0.5, 0.6) is 11.5 Å². The van der Waals surface area contributed by atoms with Crippen LogP contribution in [0.2, 0.25) is 0 Å². The lowest BCUT2D eigenvalue weighted by Crippen LogP contribution is -1.92. The molecule has 1 aliphatic heterocycles. The lowest BCUT2D eigenvalue weighted by molar-refractivity contribution is 0.174. The van der Waals surface area contributed by atoms with Crippen molar-refractivity contribution < 1.29 is 9.47 Å². The van der Waals surface area contributed by atoms with Crippen LogP contribution in [0.25, 0.3) is 10.8 Å². The average molecular weight is 268 g/mol. The Bertz CT molecular complexity index is 561. The minimum absolute atomic E-state index is 0.295. The van der Waals surface area contributed by atoms with Gasteiger partial charge in [0.15, 0.2) is 11.5 Å². The summed E-state index contributed by atoms with van der Waals surface area (Å²) < 4.78 is 10.7. The van der Waals surface area contributed by atoms with Gasteiger partial charge in [-0.2, -0.15) is 0 Å². The molecule has 0 spiro atoms. The van der Waals surface area contributed by atoms with Crippen LogP contribution in [0.4, 0.5) is 0 Å². The molecule has 2 heterocycles. The molecular weight excluding hydrogens is 258 g/mol. The zero-order valence-corrected chi connectivity index (χ0v) is 10.6. The molecule has 3 rings (SSSR count). The number of rotatable bonds is 3. The maximum absolute atomic E-state index is 5.70. The first-order valence-corrected chi connectivity index (χ1v) is 6.77. The highest BCUT2D eigenvalue weighted by atomic mass is 35.5. The van der Waals surface area contributed by atoms with Gasteiger partial charge in [0.1, 0.15) is 5.03 Å². The fourth-order valence-electron chi connectivity index (χ4n) is 1.79. The van der Waals surface area contributed by atoms with Crippen molar-refractivity contribution in [1.82, 2.24) is 4.98 Å². The predicted molar refractivity (Wildman–Crippen MR) is 69.3 cm³/mol. The fraction of sp³-hybridized carbons (Fsp3) is 0.250. The van der Waals surface area contributed by atoms with Crippen molar-refractivity contribution >= 4 is 34.1 Å². The van der Waals surface area contributed by atoms with E-state index in [0.717, 1.165) is 33.1 Å². The van der Waals surface area contributed by atoms with Crippen LogP contribution in [0.15, 0.2) is 29.4 Å². The Kier molecular flexibility index (Phi) is 2.99. The third-order valence-corrected chi connectivity index (χ3v) is 3.96. The zero-order chi connectivity index (χ0) is 11.7. The average Bonchev–Trinajstić information content (AvgIpc) is 2.80. The summed E-state index contributed by atoms with van der Waals surface area (Å²) in [5.74, 6) is 3.06. The van der Waals surface area contributed by atoms with Crippen LogP contribution in [-0.2, 0) is 0 Å². The number of nitrogens with zero attached hydrogens (tertiary/aromatic N) is 1. The second-order valence-corrected chi connectivity index (χ2v) is 5.04. The maximum Gasteiger partial charge on any atom is 0.231 e. The van der Waals surface area contributed by atoms with Gasteiger partial charge in [-0.15, -0.1) is 23.4 Å². The van der Waals surface area contributed by atoms with Gasteiger partial charge in [-0.1, -0.05) is 0 Å². The number of thioether (sulfide) groups is 1. The van der Waals surface area contributed by atoms with Gasteiger partial charge in [0.2, 0.25) is 6.79 Å². The molecule has 0 fully saturated rings. The first-order valence-electron chi connectivity index (χ1n) is 5.25. The summed E-state index contributed by atoms with van der Waals surface area (Å²) in [6.07, 6.45) is 1.81. The lowest BCUT2D eigenvalue weighted by Gasteiger charge is -2.05. The highest BCUT2D eigenvalue weighted by Gasteiger charge is 2.15. The van der Waals surface area contributed by atoms with E-state index in [9.17, 15) is 0 Å². The van der Waals surface area contributed by atoms with Gasteiger partial charge in [-0.05, 0) is 23.6 Å². The van der Waals surface area contributed by atoms with E-state index in [1.54, 1.807) is 18.0 Å². The monoisotopic (exact) mass is 267 g/mol. The van der Waals surface area contributed by atoms with Crippen LogP contribution >= 0.6 is 23.4 Å². The van der Waals surface area contributed by atoms with E-state index < -0.39 is 0 Å². The maximum atomic E-state index is 5.70. The molecule has 0 aliphatic carbocycles. The van der Waals surface area contributed by atoms with Crippen molar-refractivity contribution in [2.24, 2.45) is 0 Å². The van der Waals surface area contributed by atoms with E-state index >= 15 is 0 Å². The van der Waals surface area contributed by atoms with Crippen LogP contribution < -0.4 is 9.47 Å². The summed E-state index contributed by atoms with van der Waals surface area (Å²) in [7, 11) is 0. The van der Waals surface area contributed by atoms with E-state index in [1.807, 2.05) is 18.2 Å². The summed E-state index contributed by atoms with van der Waals surface area (Å²) >= 11 is 7.36. The second kappa shape index (κ2) is 4.63. The largest absolute Gasteiger partial charge is 0.454 e. The summed E-state index contributed by atoms with van der Waals surface area (Å²) in [4.78, 5) is 4.38. The minimum atomic E-state index is 0.295. The molecular formula is C12H10ClNO2S. The highest BCUT2D eigenvalue weighted by Crippen LogP contribution is 2.38. The Morgan fingerprint density at radius 2 is 2.12 bits per heavy atom. The Morgan fingerprint density at radius 3 is 2.94 bits per heavy atom. The Balaban J connectivity index is 2.11. The van der Waals surface area contributed by atoms with E-state index in [4.69, 9.17) is 21.1 Å². The normalized spacial score (nSPS) is 13.2. The number of hydrogen-bond acceptors (Lipinski definition) is 4. The molecule has 0 saturated carbocycles. The number of benzene rings is 1. The van der Waals surface area contributed by atoms with Crippen molar-refractivity contribution in [3.8, 4) is 11.5 Å². The number of aromatic nitrogens is 1. The van der Waals surface area contributed by atoms with Crippen molar-refractivity contribution in [2.75, 3.05) is 18.4 Å². The molecule has 1 aliphatic rings. The SMILES string of the molecule is ClCCSc1nccc2cc3c(cc12)OCO3. The van der Waals surface area contributed by atoms with E-state index in [1.165, 1.54) is 0 Å². The molecule has 0 N–H and O–H groups in total. The van der Waals surface area contributed by atoms with Gasteiger partial charge in [0.05, 0.1) is 0 Å². The topological polar surface area (TPSA) is 31.4 Å². The molecule has 3 nitrogen and oxygen atoms in total. The number of fused-ring (bicyclic) bond motifs is 2. The zero-order valence-electron chi connectivity index (χ0n) is 8.98. The van der Waals surface area contributed by atoms with E-state index in [-0.39, 0.29) is 0 Å². The molecule has 1 aromatic carbocycles. The van der Waals surface area contributed by atoms with Crippen molar-refractivity contribution in [2.45, 2.75) is 5.03 Å². The molecule has 1 aromatic heterocycles. The molecule has 0 amide bonds. The molecule has 2 aromatic rings. The number of pyridine rings is 1. The van der Waals surface area contributed by atoms with E-state index in [2.05, 4.69) is 4.98 Å². The third-order valence-electron chi connectivity index (χ3n) is 2.54. The van der Waals surface area contributed by atoms with Gasteiger partial charge in [-0.3, -0.25) is 0 Å². The number of hydrogen-bond donors (Lipinski definition) is 0. The molecule has 0 atom stereocenters. The van der Waals surface area contributed by atoms with Crippen molar-refractivity contribution in [3.05, 3.63) is 24.4 Å². The first-order chi connectivity index (χ1) is 8.38. The predicted octanol–water partition coefficient (Wildman–Crippen LogP) is 3.29. The molecule has 0 unspecified atom stereocenters. The van der Waals surface area contributed by atoms with Crippen molar-refractivity contribution in [3.63, 3.8) is 0 Å². The van der Waals surface area contributed by atoms with E-state index in [0.29, 0.717) is 12.7 Å². The fourth-order valence-corrected chi connectivity index (χ4v) is 2.76. The summed E-state index contributed by atoms with van der Waals surface area (Å²) in [6, 6.07) is 5.95. The second-order valence-electron chi connectivity index (χ2n) is 3.58. The summed E-state index contributed by atoms with van der Waals surface area (Å²) in [5, 5.41) is 3.19. The first kappa shape index (κ1) is 11.0. The number of alkyl halides is 1. The molecule has 88 valence electrons. The van der Waals surface area contributed by atoms with Crippen LogP contribution in [-0.4, -0.2) is 23.4 Å². The van der Waals surface area contributed by atoms with Crippen LogP contribution in [0.3, 0.4) is 0 Å². The van der Waals surface area contributed by atoms with Crippen LogP contribution in [0.1, 0.15) is 0 Å². The molecule has 0 saturated heterocycles. The number of halogens is 1. The standard InChI is InChI=1S/C12H10ClNO2S/c13-2-4-17-12-9-6-11-10(15-7-16-11)5-8(9)1-3-14-12/h1,3,5-6H,2,4,7H2. The quantitative estimate of drug-likeness (QED) is 0.631. The third kappa shape index (κ3) is 2.03. The number of ether oxygens (including phenoxy) is 2. The minimum Gasteiger partial charge on any atom is -0.454 e. The Labute approximate surface area is 108 Å². The van der Waals surface area contributed by atoms with Gasteiger partial charge >= 0.3 is 0 Å². The Morgan fingerprint density at radius 1 is 1.29 bits per heavy atom. The highest BCUT2D eigenvalue weighted by molar-refractivity contribution is 7.99. The van der Waals surface area contributed by atoms with Crippen LogP contribution in [0, 0.1) is 0 Å². The van der Waals surface area contributed by atoms with Gasteiger partial charge < -0.3 is 9.47 Å². The molecule has 0 bridgehead atoms. The molecule has 5 heteroatoms. The summed E-state index contributed by atoms with van der Waals surface area (Å²) in [5.41, 5.74) is 0. The van der Waals surface area contributed by atoms with Gasteiger partial charge in [0.25, 0.3) is 0 Å². The molecule has 0 radical (unpaired) electrons. The smallest absolute Gasteiger partial charge is 0.231 e. The summed E-state index contributed by atoms with van der Waals surface area (Å²) in [6.45, 7) is 0.295. The van der Waals surface area contributed by atoms with Gasteiger partial charge in [0, 0.05) is 23.2 Å². The molecule has 17 heavy (non-hydrogen) atoms. The lowest BCUT2D eigenvalue weighted by atomic mass is 10.1. The Hall–Kier alpha value is -1.13.